The van der Waals surface area contributed by atoms with Crippen LogP contribution in [-0.2, 0) is 9.53 Å². The van der Waals surface area contributed by atoms with E-state index in [1.807, 2.05) is 0 Å². The molecule has 1 fully saturated rings. The number of esters is 1. The van der Waals surface area contributed by atoms with Crippen molar-refractivity contribution < 1.29 is 9.53 Å². The molecule has 0 radical (unpaired) electrons. The number of hydrogen-bond acceptors (Lipinski definition) is 3. The van der Waals surface area contributed by atoms with Crippen molar-refractivity contribution in [3.05, 3.63) is 0 Å². The van der Waals surface area contributed by atoms with Gasteiger partial charge in [-0.15, -0.1) is 0 Å². The molecule has 70 valence electrons. The van der Waals surface area contributed by atoms with E-state index in [0.717, 1.165) is 19.0 Å². The molecule has 0 aromatic rings. The zero-order chi connectivity index (χ0) is 8.97. The van der Waals surface area contributed by atoms with Gasteiger partial charge in [-0.25, -0.2) is 0 Å². The van der Waals surface area contributed by atoms with E-state index in [2.05, 4.69) is 16.6 Å². The maximum Gasteiger partial charge on any atom is 0.319 e. The van der Waals surface area contributed by atoms with E-state index in [1.54, 1.807) is 0 Å². The Kier molecular flexibility index (Phi) is 3.53. The first-order valence-corrected chi connectivity index (χ1v) is 4.51. The number of rotatable bonds is 2. The predicted octanol–water partition coefficient (Wildman–Crippen LogP) is 0.891. The van der Waals surface area contributed by atoms with Crippen molar-refractivity contribution in [2.24, 2.45) is 5.92 Å². The van der Waals surface area contributed by atoms with Gasteiger partial charge >= 0.3 is 5.97 Å². The molecule has 0 amide bonds. The molecule has 0 aromatic carbocycles. The minimum atomic E-state index is -0.121. The molecule has 3 nitrogen and oxygen atoms in total. The Labute approximate surface area is 73.7 Å². The van der Waals surface area contributed by atoms with Crippen LogP contribution in [0.1, 0.15) is 19.8 Å². The van der Waals surface area contributed by atoms with Crippen LogP contribution in [0, 0.1) is 5.92 Å². The smallest absolute Gasteiger partial charge is 0.319 e. The van der Waals surface area contributed by atoms with Gasteiger partial charge in [0.15, 0.2) is 0 Å². The van der Waals surface area contributed by atoms with Crippen molar-refractivity contribution in [1.29, 1.82) is 0 Å². The second-order valence-corrected chi connectivity index (χ2v) is 3.56. The number of carbonyl (C=O) groups excluding carboxylic acids is 1. The van der Waals surface area contributed by atoms with Crippen molar-refractivity contribution in [2.45, 2.75) is 19.8 Å². The van der Waals surface area contributed by atoms with E-state index in [9.17, 15) is 4.79 Å². The molecule has 1 saturated heterocycles. The van der Waals surface area contributed by atoms with Crippen LogP contribution in [0.15, 0.2) is 0 Å². The average molecular weight is 171 g/mol. The molecule has 0 bridgehead atoms. The topological polar surface area (TPSA) is 29.5 Å². The summed E-state index contributed by atoms with van der Waals surface area (Å²) in [7, 11) is 1.44. The van der Waals surface area contributed by atoms with Crippen molar-refractivity contribution in [2.75, 3.05) is 26.7 Å². The number of hydrogen-bond donors (Lipinski definition) is 0. The predicted molar refractivity (Wildman–Crippen MR) is 46.9 cm³/mol. The molecular formula is C9H17NO2. The molecule has 1 aliphatic heterocycles. The van der Waals surface area contributed by atoms with Crippen LogP contribution in [-0.4, -0.2) is 37.6 Å². The average Bonchev–Trinajstić information content (AvgIpc) is 2.04. The fraction of sp³-hybridized carbons (Fsp3) is 0.889. The van der Waals surface area contributed by atoms with Crippen LogP contribution >= 0.6 is 0 Å². The third-order valence-corrected chi connectivity index (χ3v) is 2.32. The molecule has 1 heterocycles. The van der Waals surface area contributed by atoms with Gasteiger partial charge in [0.2, 0.25) is 0 Å². The van der Waals surface area contributed by atoms with E-state index < -0.39 is 0 Å². The van der Waals surface area contributed by atoms with Gasteiger partial charge in [0.1, 0.15) is 0 Å². The largest absolute Gasteiger partial charge is 0.468 e. The minimum absolute atomic E-state index is 0.121. The highest BCUT2D eigenvalue weighted by molar-refractivity contribution is 5.71. The minimum Gasteiger partial charge on any atom is -0.468 e. The van der Waals surface area contributed by atoms with Gasteiger partial charge in [-0.2, -0.15) is 0 Å². The quantitative estimate of drug-likeness (QED) is 0.578. The zero-order valence-corrected chi connectivity index (χ0v) is 7.88. The summed E-state index contributed by atoms with van der Waals surface area (Å²) in [5, 5.41) is 0. The number of carbonyl (C=O) groups is 1. The molecule has 0 unspecified atom stereocenters. The highest BCUT2D eigenvalue weighted by Crippen LogP contribution is 2.14. The number of piperidine rings is 1. The molecule has 0 saturated carbocycles. The molecule has 12 heavy (non-hydrogen) atoms. The summed E-state index contributed by atoms with van der Waals surface area (Å²) in [6, 6.07) is 0. The normalized spacial score (nSPS) is 25.3. The second kappa shape index (κ2) is 4.45. The van der Waals surface area contributed by atoms with Gasteiger partial charge in [0.05, 0.1) is 13.7 Å². The molecule has 0 spiro atoms. The Morgan fingerprint density at radius 1 is 1.67 bits per heavy atom. The molecular weight excluding hydrogens is 154 g/mol. The Morgan fingerprint density at radius 3 is 3.00 bits per heavy atom. The Hall–Kier alpha value is -0.570. The third-order valence-electron chi connectivity index (χ3n) is 2.32. The van der Waals surface area contributed by atoms with Crippen molar-refractivity contribution in [1.82, 2.24) is 4.90 Å². The van der Waals surface area contributed by atoms with Crippen LogP contribution in [0.2, 0.25) is 0 Å². The highest BCUT2D eigenvalue weighted by Gasteiger charge is 2.18. The summed E-state index contributed by atoms with van der Waals surface area (Å²) < 4.78 is 4.61. The van der Waals surface area contributed by atoms with Crippen LogP contribution < -0.4 is 0 Å². The summed E-state index contributed by atoms with van der Waals surface area (Å²) in [6.45, 7) is 4.76. The summed E-state index contributed by atoms with van der Waals surface area (Å²) >= 11 is 0. The van der Waals surface area contributed by atoms with Gasteiger partial charge < -0.3 is 4.74 Å². The lowest BCUT2D eigenvalue weighted by molar-refractivity contribution is -0.142. The Morgan fingerprint density at radius 2 is 2.42 bits per heavy atom. The number of likely N-dealkylation sites (tertiary alicyclic amines) is 1. The molecule has 1 aliphatic rings. The second-order valence-electron chi connectivity index (χ2n) is 3.56. The fourth-order valence-electron chi connectivity index (χ4n) is 1.68. The van der Waals surface area contributed by atoms with E-state index >= 15 is 0 Å². The summed E-state index contributed by atoms with van der Waals surface area (Å²) in [6.07, 6.45) is 2.50. The first-order chi connectivity index (χ1) is 5.72. The Balaban J connectivity index is 2.27. The fourth-order valence-corrected chi connectivity index (χ4v) is 1.68. The van der Waals surface area contributed by atoms with Gasteiger partial charge in [-0.05, 0) is 25.3 Å². The third kappa shape index (κ3) is 2.81. The standard InChI is InChI=1S/C9H17NO2/c1-8-4-3-5-10(6-8)7-9(11)12-2/h8H,3-7H2,1-2H3/t8-/m1/s1. The zero-order valence-electron chi connectivity index (χ0n) is 7.88. The van der Waals surface area contributed by atoms with Crippen LogP contribution in [0.5, 0.6) is 0 Å². The monoisotopic (exact) mass is 171 g/mol. The lowest BCUT2D eigenvalue weighted by Gasteiger charge is -2.29. The van der Waals surface area contributed by atoms with E-state index in [-0.39, 0.29) is 5.97 Å². The Bertz CT molecular complexity index is 159. The molecule has 0 aromatic heterocycles. The lowest BCUT2D eigenvalue weighted by Crippen LogP contribution is -2.38. The lowest BCUT2D eigenvalue weighted by atomic mass is 10.0. The van der Waals surface area contributed by atoms with Gasteiger partial charge in [-0.3, -0.25) is 9.69 Å². The van der Waals surface area contributed by atoms with Gasteiger partial charge in [0.25, 0.3) is 0 Å². The van der Waals surface area contributed by atoms with Crippen molar-refractivity contribution in [3.8, 4) is 0 Å². The van der Waals surface area contributed by atoms with Crippen LogP contribution in [0.4, 0.5) is 0 Å². The molecule has 0 aliphatic carbocycles. The first-order valence-electron chi connectivity index (χ1n) is 4.51. The van der Waals surface area contributed by atoms with E-state index in [4.69, 9.17) is 0 Å². The van der Waals surface area contributed by atoms with Crippen molar-refractivity contribution in [3.63, 3.8) is 0 Å². The van der Waals surface area contributed by atoms with E-state index in [0.29, 0.717) is 6.54 Å². The molecule has 1 rings (SSSR count). The highest BCUT2D eigenvalue weighted by atomic mass is 16.5. The number of ether oxygens (including phenoxy) is 1. The van der Waals surface area contributed by atoms with Crippen LogP contribution in [0.25, 0.3) is 0 Å². The molecule has 1 atom stereocenters. The maximum atomic E-state index is 10.9. The van der Waals surface area contributed by atoms with Gasteiger partial charge in [0, 0.05) is 6.54 Å². The summed E-state index contributed by atoms with van der Waals surface area (Å²) in [5.74, 6) is 0.604. The first kappa shape index (κ1) is 9.52. The maximum absolute atomic E-state index is 10.9. The van der Waals surface area contributed by atoms with Crippen molar-refractivity contribution >= 4 is 5.97 Å². The number of methoxy groups -OCH3 is 1. The number of nitrogens with zero attached hydrogens (tertiary/aromatic N) is 1. The SMILES string of the molecule is COC(=O)CN1CCC[C@@H](C)C1. The van der Waals surface area contributed by atoms with Gasteiger partial charge in [-0.1, -0.05) is 6.92 Å². The van der Waals surface area contributed by atoms with Crippen LogP contribution in [0.3, 0.4) is 0 Å². The summed E-state index contributed by atoms with van der Waals surface area (Å²) in [4.78, 5) is 13.1. The summed E-state index contributed by atoms with van der Waals surface area (Å²) in [5.41, 5.74) is 0. The van der Waals surface area contributed by atoms with E-state index in [1.165, 1.54) is 20.0 Å². The molecule has 0 N–H and O–H groups in total. The molecule has 3 heteroatoms.